The maximum absolute atomic E-state index is 12.8. The maximum Gasteiger partial charge on any atom is 0.243 e. The first-order valence-electron chi connectivity index (χ1n) is 9.85. The summed E-state index contributed by atoms with van der Waals surface area (Å²) in [5.41, 5.74) is 1.87. The van der Waals surface area contributed by atoms with Gasteiger partial charge >= 0.3 is 0 Å². The van der Waals surface area contributed by atoms with Crippen molar-refractivity contribution in [2.75, 3.05) is 18.1 Å². The van der Waals surface area contributed by atoms with Crippen LogP contribution in [0.3, 0.4) is 0 Å². The number of nitrogens with one attached hydrogen (secondary N) is 1. The molecule has 1 N–H and O–H groups in total. The highest BCUT2D eigenvalue weighted by molar-refractivity contribution is 5.97. The van der Waals surface area contributed by atoms with Crippen molar-refractivity contribution in [1.29, 1.82) is 0 Å². The smallest absolute Gasteiger partial charge is 0.243 e. The molecule has 1 aromatic carbocycles. The van der Waals surface area contributed by atoms with Gasteiger partial charge in [-0.25, -0.2) is 0 Å². The predicted octanol–water partition coefficient (Wildman–Crippen LogP) is 3.90. The first-order valence-corrected chi connectivity index (χ1v) is 9.85. The van der Waals surface area contributed by atoms with Gasteiger partial charge in [0, 0.05) is 23.8 Å². The number of anilines is 1. The highest BCUT2D eigenvalue weighted by atomic mass is 16.5. The Morgan fingerprint density at radius 1 is 1.32 bits per heavy atom. The van der Waals surface area contributed by atoms with Crippen LogP contribution >= 0.6 is 0 Å². The Bertz CT molecular complexity index is 939. The number of ether oxygens (including phenoxy) is 1. The third-order valence-corrected chi connectivity index (χ3v) is 5.05. The highest BCUT2D eigenvalue weighted by Crippen LogP contribution is 2.34. The summed E-state index contributed by atoms with van der Waals surface area (Å²) >= 11 is 0. The summed E-state index contributed by atoms with van der Waals surface area (Å²) in [7, 11) is 0. The number of aromatic nitrogens is 1. The third kappa shape index (κ3) is 3.67. The third-order valence-electron chi connectivity index (χ3n) is 5.05. The molecule has 1 unspecified atom stereocenters. The number of para-hydroxylation sites is 1. The predicted molar refractivity (Wildman–Crippen MR) is 108 cm³/mol. The fraction of sp³-hybridized carbons (Fsp3) is 0.364. The lowest BCUT2D eigenvalue weighted by Crippen LogP contribution is -2.43. The number of carbonyl (C=O) groups excluding carboxylic acids is 1. The van der Waals surface area contributed by atoms with Crippen molar-refractivity contribution in [1.82, 2.24) is 10.3 Å². The lowest BCUT2D eigenvalue weighted by Gasteiger charge is -2.27. The number of nitrogens with zero attached hydrogens (tertiary/aromatic N) is 2. The number of fused-ring (bicyclic) bond motifs is 1. The van der Waals surface area contributed by atoms with Gasteiger partial charge in [-0.15, -0.1) is 0 Å². The molecule has 1 fully saturated rings. The molecule has 146 valence electrons. The molecule has 6 heteroatoms. The highest BCUT2D eigenvalue weighted by Gasteiger charge is 2.32. The Morgan fingerprint density at radius 3 is 3.07 bits per heavy atom. The molecular weight excluding hydrogens is 354 g/mol. The standard InChI is InChI=1S/C22H25N3O3/c1-2-13-28-20-9-3-7-17-18(10-11-23-21(17)20)25-12-4-8-19(25)22(26)24-15-16-6-5-14-27-16/h3,5-7,9-11,14,19H,2,4,8,12-13,15H2,1H3,(H,24,26). The molecule has 6 nitrogen and oxygen atoms in total. The van der Waals surface area contributed by atoms with E-state index >= 15 is 0 Å². The SMILES string of the molecule is CCCOc1cccc2c(N3CCCC3C(=O)NCc3ccco3)ccnc12. The van der Waals surface area contributed by atoms with E-state index in [-0.39, 0.29) is 11.9 Å². The molecule has 1 amide bonds. The average Bonchev–Trinajstić information content (AvgIpc) is 3.42. The second kappa shape index (κ2) is 8.33. The van der Waals surface area contributed by atoms with Crippen molar-refractivity contribution >= 4 is 22.5 Å². The quantitative estimate of drug-likeness (QED) is 0.674. The van der Waals surface area contributed by atoms with Gasteiger partial charge in [0.1, 0.15) is 23.1 Å². The number of hydrogen-bond donors (Lipinski definition) is 1. The number of carbonyl (C=O) groups is 1. The summed E-state index contributed by atoms with van der Waals surface area (Å²) in [5, 5.41) is 4.02. The van der Waals surface area contributed by atoms with Gasteiger partial charge in [0.15, 0.2) is 0 Å². The molecule has 1 aliphatic rings. The Balaban J connectivity index is 1.58. The van der Waals surface area contributed by atoms with Gasteiger partial charge in [0.25, 0.3) is 0 Å². The topological polar surface area (TPSA) is 67.6 Å². The van der Waals surface area contributed by atoms with Gasteiger partial charge in [-0.2, -0.15) is 0 Å². The summed E-state index contributed by atoms with van der Waals surface area (Å²) in [5.74, 6) is 1.57. The van der Waals surface area contributed by atoms with Gasteiger partial charge < -0.3 is 19.4 Å². The van der Waals surface area contributed by atoms with Gasteiger partial charge in [0.05, 0.1) is 19.4 Å². The van der Waals surface area contributed by atoms with E-state index in [2.05, 4.69) is 22.1 Å². The van der Waals surface area contributed by atoms with E-state index in [1.54, 1.807) is 12.5 Å². The number of rotatable bonds is 7. The largest absolute Gasteiger partial charge is 0.491 e. The van der Waals surface area contributed by atoms with Crippen LogP contribution in [-0.4, -0.2) is 30.1 Å². The minimum absolute atomic E-state index is 0.0252. The maximum atomic E-state index is 12.8. The molecule has 0 radical (unpaired) electrons. The molecule has 0 saturated carbocycles. The number of benzene rings is 1. The zero-order valence-electron chi connectivity index (χ0n) is 16.1. The number of pyridine rings is 1. The molecule has 28 heavy (non-hydrogen) atoms. The van der Waals surface area contributed by atoms with Crippen molar-refractivity contribution < 1.29 is 13.9 Å². The van der Waals surface area contributed by atoms with Crippen LogP contribution in [0.1, 0.15) is 31.9 Å². The fourth-order valence-electron chi connectivity index (χ4n) is 3.75. The molecule has 0 aliphatic carbocycles. The minimum Gasteiger partial charge on any atom is -0.491 e. The molecule has 1 aliphatic heterocycles. The van der Waals surface area contributed by atoms with Crippen LogP contribution in [-0.2, 0) is 11.3 Å². The molecule has 4 rings (SSSR count). The normalized spacial score (nSPS) is 16.5. The zero-order valence-corrected chi connectivity index (χ0v) is 16.1. The van der Waals surface area contributed by atoms with E-state index in [1.165, 1.54) is 0 Å². The summed E-state index contributed by atoms with van der Waals surface area (Å²) in [6.07, 6.45) is 6.17. The number of hydrogen-bond acceptors (Lipinski definition) is 5. The lowest BCUT2D eigenvalue weighted by atomic mass is 10.1. The van der Waals surface area contributed by atoms with Crippen molar-refractivity contribution in [3.05, 3.63) is 54.6 Å². The summed E-state index contributed by atoms with van der Waals surface area (Å²) in [4.78, 5) is 19.6. The monoisotopic (exact) mass is 379 g/mol. The van der Waals surface area contributed by atoms with Crippen LogP contribution in [0.2, 0.25) is 0 Å². The molecule has 3 aromatic rings. The average molecular weight is 379 g/mol. The first kappa shape index (κ1) is 18.3. The van der Waals surface area contributed by atoms with Crippen LogP contribution in [0.4, 0.5) is 5.69 Å². The minimum atomic E-state index is -0.194. The summed E-state index contributed by atoms with van der Waals surface area (Å²) in [6.45, 7) is 3.99. The Hall–Kier alpha value is -3.02. The number of furan rings is 1. The number of amides is 1. The van der Waals surface area contributed by atoms with E-state index in [4.69, 9.17) is 9.15 Å². The van der Waals surface area contributed by atoms with E-state index in [0.717, 1.165) is 53.9 Å². The van der Waals surface area contributed by atoms with E-state index < -0.39 is 0 Å². The molecule has 0 bridgehead atoms. The van der Waals surface area contributed by atoms with E-state index in [9.17, 15) is 4.79 Å². The molecule has 0 spiro atoms. The van der Waals surface area contributed by atoms with Gasteiger partial charge in [-0.1, -0.05) is 19.1 Å². The van der Waals surface area contributed by atoms with Gasteiger partial charge in [0.2, 0.25) is 5.91 Å². The van der Waals surface area contributed by atoms with Crippen molar-refractivity contribution in [2.24, 2.45) is 0 Å². The van der Waals surface area contributed by atoms with Crippen LogP contribution in [0.5, 0.6) is 5.75 Å². The second-order valence-electron chi connectivity index (χ2n) is 6.98. The van der Waals surface area contributed by atoms with E-state index in [0.29, 0.717) is 13.2 Å². The zero-order chi connectivity index (χ0) is 19.3. The molecule has 2 aromatic heterocycles. The Labute approximate surface area is 164 Å². The van der Waals surface area contributed by atoms with E-state index in [1.807, 2.05) is 36.4 Å². The molecule has 1 saturated heterocycles. The Kier molecular flexibility index (Phi) is 5.46. The van der Waals surface area contributed by atoms with Crippen molar-refractivity contribution in [3.8, 4) is 5.75 Å². The first-order chi connectivity index (χ1) is 13.8. The van der Waals surface area contributed by atoms with Crippen LogP contribution in [0.15, 0.2) is 53.3 Å². The summed E-state index contributed by atoms with van der Waals surface area (Å²) in [6, 6.07) is 11.5. The lowest BCUT2D eigenvalue weighted by molar-refractivity contribution is -0.122. The van der Waals surface area contributed by atoms with Crippen LogP contribution < -0.4 is 15.0 Å². The van der Waals surface area contributed by atoms with Gasteiger partial charge in [-0.05, 0) is 43.5 Å². The van der Waals surface area contributed by atoms with Crippen LogP contribution in [0.25, 0.3) is 10.9 Å². The molecule has 3 heterocycles. The van der Waals surface area contributed by atoms with Crippen molar-refractivity contribution in [3.63, 3.8) is 0 Å². The summed E-state index contributed by atoms with van der Waals surface area (Å²) < 4.78 is 11.2. The van der Waals surface area contributed by atoms with Gasteiger partial charge in [-0.3, -0.25) is 9.78 Å². The fourth-order valence-corrected chi connectivity index (χ4v) is 3.75. The Morgan fingerprint density at radius 2 is 2.25 bits per heavy atom. The second-order valence-corrected chi connectivity index (χ2v) is 6.98. The molecular formula is C22H25N3O3. The molecule has 1 atom stereocenters. The van der Waals surface area contributed by atoms with Crippen LogP contribution in [0, 0.1) is 0 Å². The van der Waals surface area contributed by atoms with Crippen molar-refractivity contribution in [2.45, 2.75) is 38.8 Å².